The monoisotopic (exact) mass is 213 g/mol. The molecule has 88 valence electrons. The van der Waals surface area contributed by atoms with Gasteiger partial charge in [-0.1, -0.05) is 0 Å². The number of hydrogen-bond acceptors (Lipinski definition) is 3. The summed E-state index contributed by atoms with van der Waals surface area (Å²) in [6, 6.07) is 1.18. The highest BCUT2D eigenvalue weighted by Crippen LogP contribution is 2.22. The Kier molecular flexibility index (Phi) is 4.00. The number of rotatable bonds is 3. The van der Waals surface area contributed by atoms with Gasteiger partial charge in [0.05, 0.1) is 12.7 Å². The summed E-state index contributed by atoms with van der Waals surface area (Å²) in [6.45, 7) is 4.12. The fourth-order valence-electron chi connectivity index (χ4n) is 2.70. The quantitative estimate of drug-likeness (QED) is 0.742. The first kappa shape index (κ1) is 11.4. The largest absolute Gasteiger partial charge is 0.393 e. The van der Waals surface area contributed by atoms with E-state index in [1.54, 1.807) is 0 Å². The van der Waals surface area contributed by atoms with Gasteiger partial charge in [-0.05, 0) is 44.9 Å². The van der Waals surface area contributed by atoms with E-state index in [-0.39, 0.29) is 6.10 Å². The van der Waals surface area contributed by atoms with Crippen LogP contribution in [-0.4, -0.2) is 36.5 Å². The van der Waals surface area contributed by atoms with Gasteiger partial charge in [0, 0.05) is 18.7 Å². The molecular weight excluding hydrogens is 190 g/mol. The normalized spacial score (nSPS) is 39.2. The lowest BCUT2D eigenvalue weighted by molar-refractivity contribution is 0.111. The van der Waals surface area contributed by atoms with Crippen LogP contribution in [0.5, 0.6) is 0 Å². The maximum absolute atomic E-state index is 9.42. The summed E-state index contributed by atoms with van der Waals surface area (Å²) in [6.07, 6.45) is 5.33. The molecule has 15 heavy (non-hydrogen) atoms. The second-order valence-electron chi connectivity index (χ2n) is 5.08. The molecule has 3 heteroatoms. The highest BCUT2D eigenvalue weighted by atomic mass is 16.5. The fourth-order valence-corrected chi connectivity index (χ4v) is 2.70. The SMILES string of the molecule is CC(NC1CCC(O)CC1)C1CCOC1. The van der Waals surface area contributed by atoms with Crippen LogP contribution >= 0.6 is 0 Å². The van der Waals surface area contributed by atoms with E-state index in [1.807, 2.05) is 0 Å². The average molecular weight is 213 g/mol. The number of nitrogens with one attached hydrogen (secondary N) is 1. The highest BCUT2D eigenvalue weighted by Gasteiger charge is 2.26. The van der Waals surface area contributed by atoms with Crippen LogP contribution in [0.3, 0.4) is 0 Å². The van der Waals surface area contributed by atoms with Crippen molar-refractivity contribution in [3.63, 3.8) is 0 Å². The molecule has 3 nitrogen and oxygen atoms in total. The topological polar surface area (TPSA) is 41.5 Å². The molecule has 1 saturated carbocycles. The van der Waals surface area contributed by atoms with Crippen LogP contribution in [0.1, 0.15) is 39.0 Å². The molecule has 0 spiro atoms. The van der Waals surface area contributed by atoms with E-state index in [4.69, 9.17) is 4.74 Å². The van der Waals surface area contributed by atoms with Gasteiger partial charge in [-0.3, -0.25) is 0 Å². The second kappa shape index (κ2) is 5.28. The van der Waals surface area contributed by atoms with Crippen molar-refractivity contribution >= 4 is 0 Å². The third-order valence-corrected chi connectivity index (χ3v) is 3.87. The van der Waals surface area contributed by atoms with Crippen molar-refractivity contribution in [1.29, 1.82) is 0 Å². The van der Waals surface area contributed by atoms with Gasteiger partial charge in [0.1, 0.15) is 0 Å². The first-order valence-corrected chi connectivity index (χ1v) is 6.27. The number of ether oxygens (including phenoxy) is 1. The van der Waals surface area contributed by atoms with E-state index in [9.17, 15) is 5.11 Å². The summed E-state index contributed by atoms with van der Waals surface area (Å²) in [7, 11) is 0. The maximum Gasteiger partial charge on any atom is 0.0541 e. The molecule has 0 aromatic carbocycles. The van der Waals surface area contributed by atoms with Crippen LogP contribution in [0.15, 0.2) is 0 Å². The van der Waals surface area contributed by atoms with Crippen LogP contribution in [-0.2, 0) is 4.74 Å². The first-order valence-electron chi connectivity index (χ1n) is 6.27. The zero-order chi connectivity index (χ0) is 10.7. The first-order chi connectivity index (χ1) is 7.25. The Morgan fingerprint density at radius 1 is 1.20 bits per heavy atom. The van der Waals surface area contributed by atoms with Gasteiger partial charge in [0.25, 0.3) is 0 Å². The molecule has 1 heterocycles. The number of hydrogen-bond donors (Lipinski definition) is 2. The summed E-state index contributed by atoms with van der Waals surface area (Å²) in [5, 5.41) is 13.1. The van der Waals surface area contributed by atoms with E-state index in [0.717, 1.165) is 38.9 Å². The molecule has 2 rings (SSSR count). The van der Waals surface area contributed by atoms with Crippen molar-refractivity contribution in [3.05, 3.63) is 0 Å². The van der Waals surface area contributed by atoms with Crippen LogP contribution in [0.25, 0.3) is 0 Å². The minimum Gasteiger partial charge on any atom is -0.393 e. The Balaban J connectivity index is 1.71. The molecule has 2 unspecified atom stereocenters. The van der Waals surface area contributed by atoms with Crippen molar-refractivity contribution in [3.8, 4) is 0 Å². The molecule has 0 aromatic rings. The summed E-state index contributed by atoms with van der Waals surface area (Å²) in [5.41, 5.74) is 0. The van der Waals surface area contributed by atoms with Crippen molar-refractivity contribution in [2.45, 2.75) is 57.2 Å². The molecule has 2 N–H and O–H groups in total. The van der Waals surface area contributed by atoms with Gasteiger partial charge in [0.15, 0.2) is 0 Å². The Labute approximate surface area is 92.2 Å². The third kappa shape index (κ3) is 3.16. The molecule has 1 aliphatic carbocycles. The minimum atomic E-state index is -0.0480. The van der Waals surface area contributed by atoms with Crippen molar-refractivity contribution < 1.29 is 9.84 Å². The molecule has 2 atom stereocenters. The van der Waals surface area contributed by atoms with Gasteiger partial charge in [-0.25, -0.2) is 0 Å². The van der Waals surface area contributed by atoms with Gasteiger partial charge in [-0.15, -0.1) is 0 Å². The molecular formula is C12H23NO2. The standard InChI is InChI=1S/C12H23NO2/c1-9(10-6-7-15-8-10)13-11-2-4-12(14)5-3-11/h9-14H,2-8H2,1H3. The molecule has 0 radical (unpaired) electrons. The number of aliphatic hydroxyl groups excluding tert-OH is 1. The maximum atomic E-state index is 9.42. The van der Waals surface area contributed by atoms with Crippen molar-refractivity contribution in [2.24, 2.45) is 5.92 Å². The Morgan fingerprint density at radius 3 is 2.53 bits per heavy atom. The van der Waals surface area contributed by atoms with E-state index >= 15 is 0 Å². The van der Waals surface area contributed by atoms with Crippen LogP contribution in [0.2, 0.25) is 0 Å². The molecule has 0 aromatic heterocycles. The predicted molar refractivity (Wildman–Crippen MR) is 59.8 cm³/mol. The van der Waals surface area contributed by atoms with Crippen LogP contribution < -0.4 is 5.32 Å². The molecule has 2 fully saturated rings. The van der Waals surface area contributed by atoms with Gasteiger partial charge in [0.2, 0.25) is 0 Å². The van der Waals surface area contributed by atoms with E-state index in [0.29, 0.717) is 18.0 Å². The van der Waals surface area contributed by atoms with Crippen LogP contribution in [0.4, 0.5) is 0 Å². The van der Waals surface area contributed by atoms with Crippen LogP contribution in [0, 0.1) is 5.92 Å². The summed E-state index contributed by atoms with van der Waals surface area (Å²) in [4.78, 5) is 0. The summed E-state index contributed by atoms with van der Waals surface area (Å²) >= 11 is 0. The lowest BCUT2D eigenvalue weighted by Gasteiger charge is -2.30. The minimum absolute atomic E-state index is 0.0480. The Hall–Kier alpha value is -0.120. The molecule has 1 saturated heterocycles. The summed E-state index contributed by atoms with van der Waals surface area (Å²) < 4.78 is 5.40. The number of aliphatic hydroxyl groups is 1. The van der Waals surface area contributed by atoms with Gasteiger partial charge < -0.3 is 15.2 Å². The molecule has 2 aliphatic rings. The van der Waals surface area contributed by atoms with E-state index < -0.39 is 0 Å². The predicted octanol–water partition coefficient (Wildman–Crippen LogP) is 1.30. The lowest BCUT2D eigenvalue weighted by atomic mass is 9.91. The lowest BCUT2D eigenvalue weighted by Crippen LogP contribution is -2.43. The van der Waals surface area contributed by atoms with Gasteiger partial charge in [-0.2, -0.15) is 0 Å². The Morgan fingerprint density at radius 2 is 1.93 bits per heavy atom. The zero-order valence-electron chi connectivity index (χ0n) is 9.61. The molecule has 1 aliphatic heterocycles. The van der Waals surface area contributed by atoms with Crippen molar-refractivity contribution in [2.75, 3.05) is 13.2 Å². The van der Waals surface area contributed by atoms with Crippen molar-refractivity contribution in [1.82, 2.24) is 5.32 Å². The molecule has 0 amide bonds. The summed E-state index contributed by atoms with van der Waals surface area (Å²) in [5.74, 6) is 0.692. The Bertz CT molecular complexity index is 184. The second-order valence-corrected chi connectivity index (χ2v) is 5.08. The fraction of sp³-hybridized carbons (Fsp3) is 1.00. The van der Waals surface area contributed by atoms with E-state index in [1.165, 1.54) is 6.42 Å². The average Bonchev–Trinajstić information content (AvgIpc) is 2.74. The van der Waals surface area contributed by atoms with E-state index in [2.05, 4.69) is 12.2 Å². The zero-order valence-corrected chi connectivity index (χ0v) is 9.61. The molecule has 0 bridgehead atoms. The smallest absolute Gasteiger partial charge is 0.0541 e. The van der Waals surface area contributed by atoms with Gasteiger partial charge >= 0.3 is 0 Å². The highest BCUT2D eigenvalue weighted by molar-refractivity contribution is 4.82. The third-order valence-electron chi connectivity index (χ3n) is 3.87.